The predicted molar refractivity (Wildman–Crippen MR) is 92.3 cm³/mol. The van der Waals surface area contributed by atoms with Crippen LogP contribution >= 0.6 is 0 Å². The van der Waals surface area contributed by atoms with E-state index in [4.69, 9.17) is 10.5 Å². The van der Waals surface area contributed by atoms with Crippen LogP contribution in [0.15, 0.2) is 17.8 Å². The van der Waals surface area contributed by atoms with E-state index in [2.05, 4.69) is 0 Å². The number of aliphatic carboxylic acids is 1. The van der Waals surface area contributed by atoms with E-state index < -0.39 is 17.6 Å². The zero-order valence-electron chi connectivity index (χ0n) is 14.4. The Balaban J connectivity index is 1.78. The fourth-order valence-electron chi connectivity index (χ4n) is 3.84. The van der Waals surface area contributed by atoms with Gasteiger partial charge in [0.2, 0.25) is 0 Å². The zero-order chi connectivity index (χ0) is 18.6. The average Bonchev–Trinajstić information content (AvgIpc) is 3.37. The molecule has 0 unspecified atom stereocenters. The van der Waals surface area contributed by atoms with Crippen molar-refractivity contribution in [1.29, 1.82) is 0 Å². The van der Waals surface area contributed by atoms with E-state index in [1.165, 1.54) is 19.4 Å². The Morgan fingerprint density at radius 1 is 1.31 bits per heavy atom. The number of hydrogen-bond donors (Lipinski definition) is 2. The summed E-state index contributed by atoms with van der Waals surface area (Å²) in [5.74, 6) is -2.43. The lowest BCUT2D eigenvalue weighted by atomic mass is 9.97. The van der Waals surface area contributed by atoms with Crippen LogP contribution in [-0.2, 0) is 16.0 Å². The van der Waals surface area contributed by atoms with Gasteiger partial charge in [-0.3, -0.25) is 0 Å². The van der Waals surface area contributed by atoms with Crippen molar-refractivity contribution in [3.8, 4) is 0 Å². The van der Waals surface area contributed by atoms with Crippen molar-refractivity contribution in [2.24, 2.45) is 5.73 Å². The monoisotopic (exact) mass is 365 g/mol. The number of fused-ring (bicyclic) bond motifs is 1. The standard InChI is InChI=1S/C18H21F2N3O3/c1-26-14-8-22(7-13(14)21)17-12(19)5-9-4-10(18(24)25)6-23(11-2-3-11)16(9)15(17)20/h5-6,11,13-14H,2-4,7-8,21H2,1H3,(H,24,25)/t13-,14-/m0/s1. The summed E-state index contributed by atoms with van der Waals surface area (Å²) < 4.78 is 35.5. The van der Waals surface area contributed by atoms with Gasteiger partial charge in [-0.15, -0.1) is 0 Å². The predicted octanol–water partition coefficient (Wildman–Crippen LogP) is 1.62. The Morgan fingerprint density at radius 2 is 2.04 bits per heavy atom. The molecule has 0 amide bonds. The Bertz CT molecular complexity index is 794. The second-order valence-electron chi connectivity index (χ2n) is 7.15. The van der Waals surface area contributed by atoms with Crippen molar-refractivity contribution in [2.45, 2.75) is 37.5 Å². The van der Waals surface area contributed by atoms with Gasteiger partial charge in [0.25, 0.3) is 0 Å². The highest BCUT2D eigenvalue weighted by Crippen LogP contribution is 2.44. The molecule has 1 aromatic rings. The zero-order valence-corrected chi connectivity index (χ0v) is 14.4. The highest BCUT2D eigenvalue weighted by Gasteiger charge is 2.39. The number of benzene rings is 1. The minimum Gasteiger partial charge on any atom is -0.478 e. The lowest BCUT2D eigenvalue weighted by molar-refractivity contribution is -0.132. The number of carbonyl (C=O) groups is 1. The molecule has 2 fully saturated rings. The van der Waals surface area contributed by atoms with Gasteiger partial charge in [0.1, 0.15) is 11.5 Å². The van der Waals surface area contributed by atoms with Gasteiger partial charge in [-0.05, 0) is 24.5 Å². The molecule has 0 spiro atoms. The number of carboxylic acids is 1. The highest BCUT2D eigenvalue weighted by atomic mass is 19.1. The van der Waals surface area contributed by atoms with E-state index in [0.717, 1.165) is 12.8 Å². The summed E-state index contributed by atoms with van der Waals surface area (Å²) >= 11 is 0. The van der Waals surface area contributed by atoms with Crippen molar-refractivity contribution in [2.75, 3.05) is 30.0 Å². The summed E-state index contributed by atoms with van der Waals surface area (Å²) in [6.45, 7) is 0.606. The molecule has 3 N–H and O–H groups in total. The van der Waals surface area contributed by atoms with E-state index in [-0.39, 0.29) is 41.6 Å². The van der Waals surface area contributed by atoms with Crippen molar-refractivity contribution in [3.63, 3.8) is 0 Å². The summed E-state index contributed by atoms with van der Waals surface area (Å²) in [6.07, 6.45) is 2.91. The quantitative estimate of drug-likeness (QED) is 0.844. The van der Waals surface area contributed by atoms with Crippen molar-refractivity contribution in [3.05, 3.63) is 35.0 Å². The number of ether oxygens (including phenoxy) is 1. The summed E-state index contributed by atoms with van der Waals surface area (Å²) in [4.78, 5) is 14.6. The van der Waals surface area contributed by atoms with Crippen molar-refractivity contribution in [1.82, 2.24) is 0 Å². The molecule has 0 aromatic heterocycles. The van der Waals surface area contributed by atoms with Crippen LogP contribution in [-0.4, -0.2) is 49.5 Å². The van der Waals surface area contributed by atoms with E-state index in [9.17, 15) is 14.3 Å². The Hall–Kier alpha value is -2.19. The lowest BCUT2D eigenvalue weighted by Crippen LogP contribution is -2.34. The number of methoxy groups -OCH3 is 1. The third kappa shape index (κ3) is 2.73. The molecule has 1 aromatic carbocycles. The molecule has 1 aliphatic carbocycles. The average molecular weight is 365 g/mol. The smallest absolute Gasteiger partial charge is 0.333 e. The molecule has 4 rings (SSSR count). The van der Waals surface area contributed by atoms with Crippen LogP contribution in [0.25, 0.3) is 0 Å². The van der Waals surface area contributed by atoms with Gasteiger partial charge in [0.05, 0.1) is 23.4 Å². The van der Waals surface area contributed by atoms with E-state index in [0.29, 0.717) is 18.7 Å². The SMILES string of the molecule is CO[C@H]1CN(c2c(F)cc3c(c2F)N(C2CC2)C=C(C(=O)O)C3)C[C@@H]1N. The van der Waals surface area contributed by atoms with Crippen LogP contribution in [0.2, 0.25) is 0 Å². The van der Waals surface area contributed by atoms with E-state index >= 15 is 4.39 Å². The van der Waals surface area contributed by atoms with Gasteiger partial charge < -0.3 is 25.4 Å². The minimum absolute atomic E-state index is 0.00220. The van der Waals surface area contributed by atoms with Crippen LogP contribution in [0.1, 0.15) is 18.4 Å². The van der Waals surface area contributed by atoms with Crippen LogP contribution in [0.3, 0.4) is 0 Å². The number of carboxylic acid groups (broad SMARTS) is 1. The third-order valence-electron chi connectivity index (χ3n) is 5.32. The molecule has 2 aliphatic heterocycles. The molecule has 26 heavy (non-hydrogen) atoms. The normalized spacial score (nSPS) is 25.3. The first-order valence-electron chi connectivity index (χ1n) is 8.67. The number of nitrogens with two attached hydrogens (primary N) is 1. The number of nitrogens with zero attached hydrogens (tertiary/aromatic N) is 2. The molecule has 140 valence electrons. The molecule has 3 aliphatic rings. The van der Waals surface area contributed by atoms with Gasteiger partial charge in [-0.25, -0.2) is 13.6 Å². The maximum Gasteiger partial charge on any atom is 0.333 e. The molecule has 1 saturated carbocycles. The van der Waals surface area contributed by atoms with Crippen LogP contribution in [0.5, 0.6) is 0 Å². The molecule has 8 heteroatoms. The Kier molecular flexibility index (Phi) is 4.11. The number of rotatable bonds is 4. The number of hydrogen-bond acceptors (Lipinski definition) is 5. The number of halogens is 2. The largest absolute Gasteiger partial charge is 0.478 e. The van der Waals surface area contributed by atoms with Crippen molar-refractivity contribution < 1.29 is 23.4 Å². The molecule has 0 bridgehead atoms. The Morgan fingerprint density at radius 3 is 2.62 bits per heavy atom. The molecular weight excluding hydrogens is 344 g/mol. The molecule has 1 saturated heterocycles. The molecule has 2 atom stereocenters. The fraction of sp³-hybridized carbons (Fsp3) is 0.500. The summed E-state index contributed by atoms with van der Waals surface area (Å²) in [5, 5.41) is 9.32. The van der Waals surface area contributed by atoms with Crippen LogP contribution < -0.4 is 15.5 Å². The summed E-state index contributed by atoms with van der Waals surface area (Å²) in [6, 6.07) is 0.988. The van der Waals surface area contributed by atoms with Crippen LogP contribution in [0, 0.1) is 11.6 Å². The highest BCUT2D eigenvalue weighted by molar-refractivity contribution is 5.90. The maximum atomic E-state index is 15.4. The fourth-order valence-corrected chi connectivity index (χ4v) is 3.84. The first-order valence-corrected chi connectivity index (χ1v) is 8.67. The van der Waals surface area contributed by atoms with Crippen LogP contribution in [0.4, 0.5) is 20.2 Å². The van der Waals surface area contributed by atoms with Gasteiger partial charge in [0, 0.05) is 38.9 Å². The van der Waals surface area contributed by atoms with Gasteiger partial charge in [0.15, 0.2) is 5.82 Å². The second kappa shape index (κ2) is 6.21. The minimum atomic E-state index is -1.07. The maximum absolute atomic E-state index is 15.4. The van der Waals surface area contributed by atoms with Crippen molar-refractivity contribution >= 4 is 17.3 Å². The molecule has 6 nitrogen and oxygen atoms in total. The Labute approximate surface area is 149 Å². The first-order chi connectivity index (χ1) is 12.4. The van der Waals surface area contributed by atoms with Gasteiger partial charge in [-0.2, -0.15) is 0 Å². The number of anilines is 2. The lowest BCUT2D eigenvalue weighted by Gasteiger charge is -2.31. The first kappa shape index (κ1) is 17.2. The second-order valence-corrected chi connectivity index (χ2v) is 7.15. The van der Waals surface area contributed by atoms with Gasteiger partial charge >= 0.3 is 5.97 Å². The molecule has 0 radical (unpaired) electrons. The third-order valence-corrected chi connectivity index (χ3v) is 5.32. The van der Waals surface area contributed by atoms with E-state index in [1.54, 1.807) is 9.80 Å². The van der Waals surface area contributed by atoms with E-state index in [1.807, 2.05) is 0 Å². The summed E-state index contributed by atoms with van der Waals surface area (Å²) in [7, 11) is 1.53. The topological polar surface area (TPSA) is 79.0 Å². The molecular formula is C18H21F2N3O3. The van der Waals surface area contributed by atoms with Gasteiger partial charge in [-0.1, -0.05) is 0 Å². The summed E-state index contributed by atoms with van der Waals surface area (Å²) in [5.41, 5.74) is 6.66. The molecule has 2 heterocycles.